The highest BCUT2D eigenvalue weighted by Gasteiger charge is 2.20. The van der Waals surface area contributed by atoms with Crippen LogP contribution in [0.1, 0.15) is 12.8 Å². The summed E-state index contributed by atoms with van der Waals surface area (Å²) in [6.45, 7) is 0. The Balaban J connectivity index is 2.44. The van der Waals surface area contributed by atoms with Gasteiger partial charge in [-0.1, -0.05) is 15.9 Å². The minimum atomic E-state index is -1.18. The third-order valence-corrected chi connectivity index (χ3v) is 4.04. The Morgan fingerprint density at radius 3 is 2.43 bits per heavy atom. The molecule has 0 fully saturated rings. The van der Waals surface area contributed by atoms with E-state index in [0.29, 0.717) is 0 Å². The fraction of sp³-hybridized carbons (Fsp3) is 0.308. The van der Waals surface area contributed by atoms with Crippen molar-refractivity contribution in [3.05, 3.63) is 28.7 Å². The van der Waals surface area contributed by atoms with E-state index in [1.54, 1.807) is 0 Å². The molecule has 0 saturated heterocycles. The average molecular weight is 375 g/mol. The van der Waals surface area contributed by atoms with Gasteiger partial charge < -0.3 is 16.2 Å². The lowest BCUT2D eigenvalue weighted by atomic mass is 10.1. The molecule has 0 unspecified atom stereocenters. The van der Waals surface area contributed by atoms with Gasteiger partial charge in [-0.15, -0.1) is 11.8 Å². The number of nitrogens with two attached hydrogens (primary N) is 1. The molecule has 114 valence electrons. The van der Waals surface area contributed by atoms with E-state index in [1.807, 2.05) is 24.3 Å². The minimum Gasteiger partial charge on any atom is -0.480 e. The first-order chi connectivity index (χ1) is 9.88. The molecule has 1 rings (SSSR count). The normalized spacial score (nSPS) is 11.7. The van der Waals surface area contributed by atoms with Gasteiger partial charge in [-0.3, -0.25) is 9.59 Å². The molecule has 0 aliphatic heterocycles. The van der Waals surface area contributed by atoms with Gasteiger partial charge in [0.05, 0.1) is 5.75 Å². The minimum absolute atomic E-state index is 0.0145. The van der Waals surface area contributed by atoms with E-state index >= 15 is 0 Å². The summed E-state index contributed by atoms with van der Waals surface area (Å²) < 4.78 is 0.939. The van der Waals surface area contributed by atoms with Crippen LogP contribution in [0.3, 0.4) is 0 Å². The molecule has 1 aromatic carbocycles. The first kappa shape index (κ1) is 17.5. The number of carbonyl (C=O) groups is 3. The number of hydrogen-bond acceptors (Lipinski definition) is 4. The van der Waals surface area contributed by atoms with Crippen molar-refractivity contribution >= 4 is 45.5 Å². The SMILES string of the molecule is NC(=O)CC[C@@H](NC(=O)CSc1ccc(Br)cc1)C(=O)O. The summed E-state index contributed by atoms with van der Waals surface area (Å²) in [6, 6.07) is 6.31. The number of nitrogens with one attached hydrogen (secondary N) is 1. The van der Waals surface area contributed by atoms with Crippen LogP contribution >= 0.6 is 27.7 Å². The number of aliphatic carboxylic acids is 1. The highest BCUT2D eigenvalue weighted by Crippen LogP contribution is 2.20. The van der Waals surface area contributed by atoms with E-state index in [-0.39, 0.29) is 18.6 Å². The Labute approximate surface area is 134 Å². The lowest BCUT2D eigenvalue weighted by Crippen LogP contribution is -2.42. The van der Waals surface area contributed by atoms with Crippen LogP contribution < -0.4 is 11.1 Å². The van der Waals surface area contributed by atoms with Crippen molar-refractivity contribution in [1.29, 1.82) is 0 Å². The molecule has 21 heavy (non-hydrogen) atoms. The third kappa shape index (κ3) is 7.14. The van der Waals surface area contributed by atoms with Crippen LogP contribution in [0, 0.1) is 0 Å². The summed E-state index contributed by atoms with van der Waals surface area (Å²) in [5.41, 5.74) is 4.97. The second kappa shape index (κ2) is 8.68. The summed E-state index contributed by atoms with van der Waals surface area (Å²) >= 11 is 4.61. The number of amides is 2. The van der Waals surface area contributed by atoms with Crippen LogP contribution in [-0.4, -0.2) is 34.7 Å². The van der Waals surface area contributed by atoms with Crippen molar-refractivity contribution in [2.24, 2.45) is 5.73 Å². The van der Waals surface area contributed by atoms with Crippen molar-refractivity contribution < 1.29 is 19.5 Å². The molecule has 0 aromatic heterocycles. The Hall–Kier alpha value is -1.54. The van der Waals surface area contributed by atoms with Crippen molar-refractivity contribution in [2.75, 3.05) is 5.75 Å². The molecule has 1 aromatic rings. The zero-order valence-corrected chi connectivity index (χ0v) is 13.4. The molecule has 8 heteroatoms. The second-order valence-electron chi connectivity index (χ2n) is 4.21. The Kier molecular flexibility index (Phi) is 7.24. The van der Waals surface area contributed by atoms with E-state index in [0.717, 1.165) is 9.37 Å². The molecule has 0 spiro atoms. The van der Waals surface area contributed by atoms with Gasteiger partial charge in [-0.2, -0.15) is 0 Å². The summed E-state index contributed by atoms with van der Waals surface area (Å²) in [5.74, 6) is -2.08. The van der Waals surface area contributed by atoms with Gasteiger partial charge in [-0.25, -0.2) is 4.79 Å². The van der Waals surface area contributed by atoms with E-state index in [2.05, 4.69) is 21.2 Å². The molecule has 0 heterocycles. The molecule has 0 radical (unpaired) electrons. The number of primary amides is 1. The van der Waals surface area contributed by atoms with Crippen LogP contribution in [0.2, 0.25) is 0 Å². The standard InChI is InChI=1S/C13H15BrN2O4S/c14-8-1-3-9(4-2-8)21-7-12(18)16-10(13(19)20)5-6-11(15)17/h1-4,10H,5-7H2,(H2,15,17)(H,16,18)(H,19,20)/t10-/m1/s1. The molecule has 0 bridgehead atoms. The number of thioether (sulfide) groups is 1. The molecule has 0 aliphatic rings. The second-order valence-corrected chi connectivity index (χ2v) is 6.17. The number of carboxylic acids is 1. The van der Waals surface area contributed by atoms with Gasteiger partial charge >= 0.3 is 5.97 Å². The van der Waals surface area contributed by atoms with Gasteiger partial charge in [0, 0.05) is 15.8 Å². The number of rotatable bonds is 8. The maximum atomic E-state index is 11.7. The first-order valence-electron chi connectivity index (χ1n) is 6.07. The molecular formula is C13H15BrN2O4S. The maximum Gasteiger partial charge on any atom is 0.326 e. The van der Waals surface area contributed by atoms with E-state index in [4.69, 9.17) is 10.8 Å². The highest BCUT2D eigenvalue weighted by molar-refractivity contribution is 9.10. The van der Waals surface area contributed by atoms with Gasteiger partial charge in [0.25, 0.3) is 0 Å². The number of carboxylic acid groups (broad SMARTS) is 1. The number of benzene rings is 1. The number of hydrogen-bond donors (Lipinski definition) is 3. The predicted molar refractivity (Wildman–Crippen MR) is 82.9 cm³/mol. The third-order valence-electron chi connectivity index (χ3n) is 2.50. The topological polar surface area (TPSA) is 109 Å². The van der Waals surface area contributed by atoms with Crippen molar-refractivity contribution in [3.8, 4) is 0 Å². The summed E-state index contributed by atoms with van der Waals surface area (Å²) in [5, 5.41) is 11.3. The van der Waals surface area contributed by atoms with Gasteiger partial charge in [0.2, 0.25) is 11.8 Å². The molecular weight excluding hydrogens is 360 g/mol. The van der Waals surface area contributed by atoms with Crippen LogP contribution in [0.15, 0.2) is 33.6 Å². The van der Waals surface area contributed by atoms with Crippen LogP contribution in [0.4, 0.5) is 0 Å². The number of halogens is 1. The Bertz CT molecular complexity index is 521. The quantitative estimate of drug-likeness (QED) is 0.595. The molecule has 6 nitrogen and oxygen atoms in total. The van der Waals surface area contributed by atoms with Crippen LogP contribution in [-0.2, 0) is 14.4 Å². The molecule has 2 amide bonds. The zero-order chi connectivity index (χ0) is 15.8. The summed E-state index contributed by atoms with van der Waals surface area (Å²) in [6.07, 6.45) is -0.101. The lowest BCUT2D eigenvalue weighted by molar-refractivity contribution is -0.141. The molecule has 4 N–H and O–H groups in total. The maximum absolute atomic E-state index is 11.7. The Morgan fingerprint density at radius 1 is 1.29 bits per heavy atom. The summed E-state index contributed by atoms with van der Waals surface area (Å²) in [7, 11) is 0. The molecule has 0 aliphatic carbocycles. The van der Waals surface area contributed by atoms with Gasteiger partial charge in [0.15, 0.2) is 0 Å². The smallest absolute Gasteiger partial charge is 0.326 e. The van der Waals surface area contributed by atoms with E-state index < -0.39 is 23.8 Å². The lowest BCUT2D eigenvalue weighted by Gasteiger charge is -2.13. The van der Waals surface area contributed by atoms with E-state index in [9.17, 15) is 14.4 Å². The average Bonchev–Trinajstić information content (AvgIpc) is 2.42. The fourth-order valence-electron chi connectivity index (χ4n) is 1.46. The predicted octanol–water partition coefficient (Wildman–Crippen LogP) is 1.38. The van der Waals surface area contributed by atoms with Crippen molar-refractivity contribution in [1.82, 2.24) is 5.32 Å². The monoisotopic (exact) mass is 374 g/mol. The van der Waals surface area contributed by atoms with Crippen molar-refractivity contribution in [2.45, 2.75) is 23.8 Å². The Morgan fingerprint density at radius 2 is 1.90 bits per heavy atom. The van der Waals surface area contributed by atoms with Crippen molar-refractivity contribution in [3.63, 3.8) is 0 Å². The van der Waals surface area contributed by atoms with Crippen LogP contribution in [0.25, 0.3) is 0 Å². The van der Waals surface area contributed by atoms with E-state index in [1.165, 1.54) is 11.8 Å². The van der Waals surface area contributed by atoms with Gasteiger partial charge in [0.1, 0.15) is 6.04 Å². The molecule has 0 saturated carbocycles. The highest BCUT2D eigenvalue weighted by atomic mass is 79.9. The zero-order valence-electron chi connectivity index (χ0n) is 11.0. The van der Waals surface area contributed by atoms with Gasteiger partial charge in [-0.05, 0) is 30.7 Å². The number of carbonyl (C=O) groups excluding carboxylic acids is 2. The summed E-state index contributed by atoms with van der Waals surface area (Å²) in [4.78, 5) is 34.3. The molecule has 1 atom stereocenters. The first-order valence-corrected chi connectivity index (χ1v) is 7.85. The largest absolute Gasteiger partial charge is 0.480 e. The fourth-order valence-corrected chi connectivity index (χ4v) is 2.43. The van der Waals surface area contributed by atoms with Crippen LogP contribution in [0.5, 0.6) is 0 Å².